The van der Waals surface area contributed by atoms with Gasteiger partial charge in [-0.15, -0.1) is 0 Å². The first kappa shape index (κ1) is 17.4. The fourth-order valence-electron chi connectivity index (χ4n) is 3.23. The van der Waals surface area contributed by atoms with Crippen LogP contribution in [0.25, 0.3) is 5.69 Å². The van der Waals surface area contributed by atoms with E-state index in [-0.39, 0.29) is 0 Å². The van der Waals surface area contributed by atoms with Crippen LogP contribution in [0, 0.1) is 20.8 Å². The fourth-order valence-corrected chi connectivity index (χ4v) is 3.23. The highest BCUT2D eigenvalue weighted by Gasteiger charge is 2.14. The van der Waals surface area contributed by atoms with Crippen molar-refractivity contribution in [2.45, 2.75) is 46.7 Å². The third-order valence-electron chi connectivity index (χ3n) is 4.71. The van der Waals surface area contributed by atoms with Crippen molar-refractivity contribution < 1.29 is 0 Å². The number of rotatable bonds is 6. The molecule has 5 nitrogen and oxygen atoms in total. The molecule has 2 aromatic heterocycles. The minimum Gasteiger partial charge on any atom is -0.310 e. The summed E-state index contributed by atoms with van der Waals surface area (Å²) in [7, 11) is 2.00. The normalized spacial score (nSPS) is 12.5. The van der Waals surface area contributed by atoms with Gasteiger partial charge in [0.15, 0.2) is 0 Å². The molecule has 0 fully saturated rings. The Hall–Kier alpha value is -2.40. The third-order valence-corrected chi connectivity index (χ3v) is 4.71. The quantitative estimate of drug-likeness (QED) is 0.751. The fraction of sp³-hybridized carbons (Fsp3) is 0.400. The molecule has 1 unspecified atom stereocenters. The first-order valence-electron chi connectivity index (χ1n) is 8.79. The molecule has 132 valence electrons. The molecule has 3 aromatic rings. The van der Waals surface area contributed by atoms with Gasteiger partial charge in [-0.3, -0.25) is 4.68 Å². The van der Waals surface area contributed by atoms with Gasteiger partial charge >= 0.3 is 0 Å². The van der Waals surface area contributed by atoms with Crippen LogP contribution in [0.4, 0.5) is 0 Å². The molecule has 0 aliphatic rings. The zero-order valence-electron chi connectivity index (χ0n) is 15.7. The van der Waals surface area contributed by atoms with Crippen LogP contribution in [0.1, 0.15) is 35.3 Å². The molecule has 0 aliphatic heterocycles. The van der Waals surface area contributed by atoms with Gasteiger partial charge in [-0.25, -0.2) is 4.68 Å². The molecule has 5 heteroatoms. The van der Waals surface area contributed by atoms with Gasteiger partial charge in [0, 0.05) is 43.0 Å². The second-order valence-electron chi connectivity index (χ2n) is 6.78. The number of aryl methyl sites for hydroxylation is 3. The van der Waals surface area contributed by atoms with Crippen LogP contribution in [-0.4, -0.2) is 25.6 Å². The number of hydrogen-bond acceptors (Lipinski definition) is 3. The van der Waals surface area contributed by atoms with E-state index >= 15 is 0 Å². The van der Waals surface area contributed by atoms with Crippen molar-refractivity contribution in [2.75, 3.05) is 0 Å². The van der Waals surface area contributed by atoms with E-state index < -0.39 is 0 Å². The zero-order chi connectivity index (χ0) is 18.0. The number of nitrogens with one attached hydrogen (secondary N) is 1. The second kappa shape index (κ2) is 7.23. The predicted octanol–water partition coefficient (Wildman–Crippen LogP) is 3.25. The number of nitrogens with zero attached hydrogens (tertiary/aromatic N) is 4. The Labute approximate surface area is 149 Å². The highest BCUT2D eigenvalue weighted by atomic mass is 15.3. The number of benzene rings is 1. The molecule has 0 bridgehead atoms. The highest BCUT2D eigenvalue weighted by Crippen LogP contribution is 2.15. The molecule has 0 amide bonds. The van der Waals surface area contributed by atoms with Crippen LogP contribution in [0.5, 0.6) is 0 Å². The maximum absolute atomic E-state index is 4.66. The lowest BCUT2D eigenvalue weighted by molar-refractivity contribution is 0.531. The van der Waals surface area contributed by atoms with Crippen molar-refractivity contribution in [1.29, 1.82) is 0 Å². The minimum atomic E-state index is 0.345. The molecule has 0 spiro atoms. The lowest BCUT2D eigenvalue weighted by atomic mass is 10.1. The van der Waals surface area contributed by atoms with E-state index in [9.17, 15) is 0 Å². The van der Waals surface area contributed by atoms with E-state index in [1.54, 1.807) is 0 Å². The Balaban J connectivity index is 1.70. The van der Waals surface area contributed by atoms with E-state index in [4.69, 9.17) is 0 Å². The summed E-state index contributed by atoms with van der Waals surface area (Å²) < 4.78 is 4.00. The second-order valence-corrected chi connectivity index (χ2v) is 6.78. The lowest BCUT2D eigenvalue weighted by Crippen LogP contribution is -2.28. The van der Waals surface area contributed by atoms with Gasteiger partial charge in [0.2, 0.25) is 0 Å². The van der Waals surface area contributed by atoms with Gasteiger partial charge < -0.3 is 5.32 Å². The Morgan fingerprint density at radius 3 is 2.44 bits per heavy atom. The number of aromatic nitrogens is 4. The standard InChI is InChI=1S/C20H27N5/c1-14(21-13-20-16(3)23-24(5)17(20)4)11-19-12-15(2)22-25(19)18-9-7-6-8-10-18/h6-10,12,14,21H,11,13H2,1-5H3. The Morgan fingerprint density at radius 2 is 1.80 bits per heavy atom. The largest absolute Gasteiger partial charge is 0.310 e. The molecular formula is C20H27N5. The van der Waals surface area contributed by atoms with Gasteiger partial charge in [0.05, 0.1) is 17.1 Å². The van der Waals surface area contributed by atoms with Gasteiger partial charge in [-0.1, -0.05) is 18.2 Å². The van der Waals surface area contributed by atoms with Crippen LogP contribution in [0.2, 0.25) is 0 Å². The van der Waals surface area contributed by atoms with Crippen LogP contribution < -0.4 is 5.32 Å². The monoisotopic (exact) mass is 337 g/mol. The van der Waals surface area contributed by atoms with Crippen molar-refractivity contribution in [3.63, 3.8) is 0 Å². The number of para-hydroxylation sites is 1. The summed E-state index contributed by atoms with van der Waals surface area (Å²) in [5, 5.41) is 12.8. The van der Waals surface area contributed by atoms with Gasteiger partial charge in [0.1, 0.15) is 0 Å². The van der Waals surface area contributed by atoms with Gasteiger partial charge in [0.25, 0.3) is 0 Å². The summed E-state index contributed by atoms with van der Waals surface area (Å²) in [4.78, 5) is 0. The topological polar surface area (TPSA) is 47.7 Å². The summed E-state index contributed by atoms with van der Waals surface area (Å²) in [5.74, 6) is 0. The average Bonchev–Trinajstić information content (AvgIpc) is 3.06. The van der Waals surface area contributed by atoms with E-state index in [1.165, 1.54) is 17.0 Å². The van der Waals surface area contributed by atoms with E-state index in [1.807, 2.05) is 41.5 Å². The van der Waals surface area contributed by atoms with Crippen LogP contribution >= 0.6 is 0 Å². The summed E-state index contributed by atoms with van der Waals surface area (Å²) in [6, 6.07) is 12.8. The Morgan fingerprint density at radius 1 is 1.08 bits per heavy atom. The van der Waals surface area contributed by atoms with Crippen molar-refractivity contribution in [3.05, 3.63) is 64.7 Å². The Bertz CT molecular complexity index is 845. The van der Waals surface area contributed by atoms with Crippen molar-refractivity contribution in [2.24, 2.45) is 7.05 Å². The van der Waals surface area contributed by atoms with E-state index in [2.05, 4.69) is 54.5 Å². The average molecular weight is 337 g/mol. The lowest BCUT2D eigenvalue weighted by Gasteiger charge is -2.15. The molecule has 0 radical (unpaired) electrons. The van der Waals surface area contributed by atoms with Gasteiger partial charge in [-0.05, 0) is 45.9 Å². The molecule has 25 heavy (non-hydrogen) atoms. The predicted molar refractivity (Wildman–Crippen MR) is 101 cm³/mol. The molecule has 3 rings (SSSR count). The van der Waals surface area contributed by atoms with Crippen LogP contribution in [0.3, 0.4) is 0 Å². The van der Waals surface area contributed by atoms with Crippen LogP contribution in [0.15, 0.2) is 36.4 Å². The SMILES string of the molecule is Cc1cc(CC(C)NCc2c(C)nn(C)c2C)n(-c2ccccc2)n1. The van der Waals surface area contributed by atoms with E-state index in [0.717, 1.165) is 30.0 Å². The molecule has 1 N–H and O–H groups in total. The Kier molecular flexibility index (Phi) is 5.04. The van der Waals surface area contributed by atoms with Crippen molar-refractivity contribution >= 4 is 0 Å². The zero-order valence-corrected chi connectivity index (χ0v) is 15.7. The maximum atomic E-state index is 4.66. The molecule has 0 saturated carbocycles. The van der Waals surface area contributed by atoms with Gasteiger partial charge in [-0.2, -0.15) is 10.2 Å². The summed E-state index contributed by atoms with van der Waals surface area (Å²) in [5.41, 5.74) is 7.00. The summed E-state index contributed by atoms with van der Waals surface area (Å²) in [6.07, 6.45) is 0.925. The third kappa shape index (κ3) is 3.82. The smallest absolute Gasteiger partial charge is 0.0648 e. The van der Waals surface area contributed by atoms with Crippen LogP contribution in [-0.2, 0) is 20.0 Å². The van der Waals surface area contributed by atoms with E-state index in [0.29, 0.717) is 6.04 Å². The number of hydrogen-bond donors (Lipinski definition) is 1. The highest BCUT2D eigenvalue weighted by molar-refractivity contribution is 5.33. The first-order valence-corrected chi connectivity index (χ1v) is 8.79. The molecule has 2 heterocycles. The molecular weight excluding hydrogens is 310 g/mol. The molecule has 1 aromatic carbocycles. The molecule has 0 saturated heterocycles. The minimum absolute atomic E-state index is 0.345. The van der Waals surface area contributed by atoms with Crippen molar-refractivity contribution in [3.8, 4) is 5.69 Å². The maximum Gasteiger partial charge on any atom is 0.0648 e. The van der Waals surface area contributed by atoms with Crippen molar-refractivity contribution in [1.82, 2.24) is 24.9 Å². The summed E-state index contributed by atoms with van der Waals surface area (Å²) >= 11 is 0. The molecule has 0 aliphatic carbocycles. The summed E-state index contributed by atoms with van der Waals surface area (Å²) in [6.45, 7) is 9.30. The molecule has 1 atom stereocenters. The first-order chi connectivity index (χ1) is 12.0.